The van der Waals surface area contributed by atoms with Crippen molar-refractivity contribution in [3.63, 3.8) is 0 Å². The quantitative estimate of drug-likeness (QED) is 0.342. The standard InChI is InChI=1S/C18H21NO5/c1-2-3-4-5-12-10-15-16(17(20)24-18(15)23-11-12)13-6-8-14(9-7-13)19(21)22/h6-9,12,18H,2-5,10-11H2,1H3/t12?,18-/m0/s1. The van der Waals surface area contributed by atoms with Gasteiger partial charge < -0.3 is 9.47 Å². The summed E-state index contributed by atoms with van der Waals surface area (Å²) in [6, 6.07) is 6.02. The van der Waals surface area contributed by atoms with E-state index in [0.717, 1.165) is 24.8 Å². The van der Waals surface area contributed by atoms with Crippen LogP contribution in [0.2, 0.25) is 0 Å². The van der Waals surface area contributed by atoms with Gasteiger partial charge in [-0.05, 0) is 36.5 Å². The number of unbranched alkanes of at least 4 members (excludes halogenated alkanes) is 2. The highest BCUT2D eigenvalue weighted by atomic mass is 16.7. The van der Waals surface area contributed by atoms with E-state index in [2.05, 4.69) is 6.92 Å². The van der Waals surface area contributed by atoms with E-state index in [-0.39, 0.29) is 5.69 Å². The second-order valence-electron chi connectivity index (χ2n) is 6.34. The molecule has 3 rings (SSSR count). The molecule has 1 aromatic carbocycles. The van der Waals surface area contributed by atoms with Gasteiger partial charge in [-0.15, -0.1) is 0 Å². The van der Waals surface area contributed by atoms with E-state index in [1.165, 1.54) is 25.0 Å². The molecule has 6 heteroatoms. The number of carbonyl (C=O) groups excluding carboxylic acids is 1. The molecule has 0 N–H and O–H groups in total. The Morgan fingerprint density at radius 1 is 1.25 bits per heavy atom. The van der Waals surface area contributed by atoms with Crippen LogP contribution in [-0.4, -0.2) is 23.8 Å². The van der Waals surface area contributed by atoms with Crippen LogP contribution in [0, 0.1) is 16.0 Å². The summed E-state index contributed by atoms with van der Waals surface area (Å²) in [5, 5.41) is 10.8. The summed E-state index contributed by atoms with van der Waals surface area (Å²) in [4.78, 5) is 22.6. The third-order valence-corrected chi connectivity index (χ3v) is 4.60. The number of non-ortho nitro benzene ring substituents is 1. The number of nitro benzene ring substituents is 1. The number of carbonyl (C=O) groups is 1. The second kappa shape index (κ2) is 7.13. The van der Waals surface area contributed by atoms with Gasteiger partial charge in [0.15, 0.2) is 0 Å². The van der Waals surface area contributed by atoms with E-state index in [1.807, 2.05) is 0 Å². The highest BCUT2D eigenvalue weighted by molar-refractivity contribution is 6.19. The third-order valence-electron chi connectivity index (χ3n) is 4.60. The predicted molar refractivity (Wildman–Crippen MR) is 88.1 cm³/mol. The summed E-state index contributed by atoms with van der Waals surface area (Å²) in [5.74, 6) is -0.0107. The van der Waals surface area contributed by atoms with E-state index in [9.17, 15) is 14.9 Å². The van der Waals surface area contributed by atoms with Crippen molar-refractivity contribution >= 4 is 17.2 Å². The highest BCUT2D eigenvalue weighted by Gasteiger charge is 2.39. The number of rotatable bonds is 6. The SMILES string of the molecule is CCCCCC1CO[C@H]2OC(=O)C(c3ccc([N+](=O)[O-])cc3)=C2C1. The summed E-state index contributed by atoms with van der Waals surface area (Å²) in [7, 11) is 0. The maximum atomic E-state index is 12.2. The maximum absolute atomic E-state index is 12.2. The summed E-state index contributed by atoms with van der Waals surface area (Å²) in [6.45, 7) is 2.78. The van der Waals surface area contributed by atoms with Gasteiger partial charge in [0.2, 0.25) is 6.29 Å². The van der Waals surface area contributed by atoms with Crippen LogP contribution in [0.15, 0.2) is 29.8 Å². The molecule has 2 heterocycles. The van der Waals surface area contributed by atoms with Gasteiger partial charge in [-0.3, -0.25) is 10.1 Å². The van der Waals surface area contributed by atoms with E-state index in [1.54, 1.807) is 12.1 Å². The van der Waals surface area contributed by atoms with Crippen LogP contribution in [0.3, 0.4) is 0 Å². The molecule has 0 spiro atoms. The van der Waals surface area contributed by atoms with Gasteiger partial charge in [0.25, 0.3) is 5.69 Å². The fraction of sp³-hybridized carbons (Fsp3) is 0.500. The Morgan fingerprint density at radius 3 is 2.67 bits per heavy atom. The first-order valence-corrected chi connectivity index (χ1v) is 8.40. The molecule has 0 aliphatic carbocycles. The van der Waals surface area contributed by atoms with Gasteiger partial charge >= 0.3 is 5.97 Å². The Bertz CT molecular complexity index is 664. The monoisotopic (exact) mass is 331 g/mol. The molecular formula is C18H21NO5. The minimum atomic E-state index is -0.592. The fourth-order valence-corrected chi connectivity index (χ4v) is 3.32. The minimum Gasteiger partial charge on any atom is -0.428 e. The molecule has 2 aliphatic heterocycles. The average molecular weight is 331 g/mol. The number of hydrogen-bond donors (Lipinski definition) is 0. The van der Waals surface area contributed by atoms with Crippen LogP contribution in [0.4, 0.5) is 5.69 Å². The number of benzene rings is 1. The molecule has 0 radical (unpaired) electrons. The van der Waals surface area contributed by atoms with Crippen LogP contribution in [0.1, 0.15) is 44.6 Å². The smallest absolute Gasteiger partial charge is 0.341 e. The van der Waals surface area contributed by atoms with Crippen molar-refractivity contribution in [3.05, 3.63) is 45.5 Å². The summed E-state index contributed by atoms with van der Waals surface area (Å²) >= 11 is 0. The van der Waals surface area contributed by atoms with Crippen molar-refractivity contribution in [1.82, 2.24) is 0 Å². The van der Waals surface area contributed by atoms with E-state index in [0.29, 0.717) is 23.7 Å². The molecule has 6 nitrogen and oxygen atoms in total. The number of nitrogens with zero attached hydrogens (tertiary/aromatic N) is 1. The molecule has 1 aromatic rings. The number of hydrogen-bond acceptors (Lipinski definition) is 5. The highest BCUT2D eigenvalue weighted by Crippen LogP contribution is 2.39. The van der Waals surface area contributed by atoms with Gasteiger partial charge in [-0.25, -0.2) is 4.79 Å². The molecule has 0 saturated carbocycles. The van der Waals surface area contributed by atoms with Crippen LogP contribution < -0.4 is 0 Å². The van der Waals surface area contributed by atoms with Crippen molar-refractivity contribution in [1.29, 1.82) is 0 Å². The van der Waals surface area contributed by atoms with E-state index in [4.69, 9.17) is 9.47 Å². The maximum Gasteiger partial charge on any atom is 0.341 e. The van der Waals surface area contributed by atoms with Crippen molar-refractivity contribution in [3.8, 4) is 0 Å². The molecule has 128 valence electrons. The van der Waals surface area contributed by atoms with Crippen LogP contribution in [0.5, 0.6) is 0 Å². The second-order valence-corrected chi connectivity index (χ2v) is 6.34. The molecule has 0 aromatic heterocycles. The lowest BCUT2D eigenvalue weighted by Gasteiger charge is -2.27. The minimum absolute atomic E-state index is 0.00426. The van der Waals surface area contributed by atoms with Crippen molar-refractivity contribution in [2.45, 2.75) is 45.3 Å². The number of ether oxygens (including phenoxy) is 2. The van der Waals surface area contributed by atoms with Crippen molar-refractivity contribution in [2.75, 3.05) is 6.61 Å². The summed E-state index contributed by atoms with van der Waals surface area (Å²) in [5.41, 5.74) is 2.04. The Morgan fingerprint density at radius 2 is 2.00 bits per heavy atom. The molecule has 0 bridgehead atoms. The number of fused-ring (bicyclic) bond motifs is 1. The molecule has 24 heavy (non-hydrogen) atoms. The van der Waals surface area contributed by atoms with Gasteiger partial charge in [0, 0.05) is 17.7 Å². The number of esters is 1. The normalized spacial score (nSPS) is 23.1. The average Bonchev–Trinajstić information content (AvgIpc) is 2.90. The van der Waals surface area contributed by atoms with Gasteiger partial charge in [0.05, 0.1) is 17.1 Å². The Hall–Kier alpha value is -2.21. The van der Waals surface area contributed by atoms with Crippen LogP contribution in [0.25, 0.3) is 5.57 Å². The molecular weight excluding hydrogens is 310 g/mol. The lowest BCUT2D eigenvalue weighted by molar-refractivity contribution is -0.384. The van der Waals surface area contributed by atoms with Crippen LogP contribution >= 0.6 is 0 Å². The lowest BCUT2D eigenvalue weighted by Crippen LogP contribution is -2.27. The first-order valence-electron chi connectivity index (χ1n) is 8.40. The Balaban J connectivity index is 1.82. The van der Waals surface area contributed by atoms with Crippen molar-refractivity contribution in [2.24, 2.45) is 5.92 Å². The predicted octanol–water partition coefficient (Wildman–Crippen LogP) is 3.85. The molecule has 2 aliphatic rings. The fourth-order valence-electron chi connectivity index (χ4n) is 3.32. The zero-order valence-electron chi connectivity index (χ0n) is 13.7. The van der Waals surface area contributed by atoms with Crippen molar-refractivity contribution < 1.29 is 19.2 Å². The molecule has 1 unspecified atom stereocenters. The zero-order chi connectivity index (χ0) is 17.1. The summed E-state index contributed by atoms with van der Waals surface area (Å²) < 4.78 is 11.0. The molecule has 0 amide bonds. The van der Waals surface area contributed by atoms with E-state index >= 15 is 0 Å². The summed E-state index contributed by atoms with van der Waals surface area (Å²) in [6.07, 6.45) is 4.80. The number of nitro groups is 1. The zero-order valence-corrected chi connectivity index (χ0v) is 13.7. The first kappa shape index (κ1) is 16.6. The topological polar surface area (TPSA) is 78.7 Å². The molecule has 1 saturated heterocycles. The molecule has 1 fully saturated rings. The van der Waals surface area contributed by atoms with Crippen LogP contribution in [-0.2, 0) is 14.3 Å². The van der Waals surface area contributed by atoms with Gasteiger partial charge in [0.1, 0.15) is 0 Å². The van der Waals surface area contributed by atoms with E-state index < -0.39 is 17.2 Å². The first-order chi connectivity index (χ1) is 11.6. The van der Waals surface area contributed by atoms with Gasteiger partial charge in [-0.1, -0.05) is 26.2 Å². The molecule has 2 atom stereocenters. The Labute approximate surface area is 140 Å². The lowest BCUT2D eigenvalue weighted by atomic mass is 9.88. The van der Waals surface area contributed by atoms with Gasteiger partial charge in [-0.2, -0.15) is 0 Å². The largest absolute Gasteiger partial charge is 0.428 e. The third kappa shape index (κ3) is 3.33. The Kier molecular flexibility index (Phi) is 4.94.